The molecule has 0 radical (unpaired) electrons. The third kappa shape index (κ3) is 4.10. The van der Waals surface area contributed by atoms with Gasteiger partial charge in [0.2, 0.25) is 0 Å². The lowest BCUT2D eigenvalue weighted by Gasteiger charge is -2.19. The zero-order valence-electron chi connectivity index (χ0n) is 14.1. The van der Waals surface area contributed by atoms with Gasteiger partial charge in [0.15, 0.2) is 0 Å². The second-order valence-corrected chi connectivity index (χ2v) is 7.97. The fourth-order valence-electron chi connectivity index (χ4n) is 3.95. The van der Waals surface area contributed by atoms with E-state index in [1.165, 1.54) is 18.3 Å². The summed E-state index contributed by atoms with van der Waals surface area (Å²) in [4.78, 5) is 6.60. The second-order valence-electron chi connectivity index (χ2n) is 7.00. The number of fused-ring (bicyclic) bond motifs is 1. The van der Waals surface area contributed by atoms with Crippen molar-refractivity contribution >= 4 is 11.8 Å². The highest BCUT2D eigenvalue weighted by Crippen LogP contribution is 2.40. The maximum Gasteiger partial charge on any atom is 0.133 e. The van der Waals surface area contributed by atoms with Gasteiger partial charge < -0.3 is 9.84 Å². The Bertz CT molecular complexity index is 740. The predicted octanol–water partition coefficient (Wildman–Crippen LogP) is 3.90. The van der Waals surface area contributed by atoms with Crippen molar-refractivity contribution in [2.45, 2.75) is 24.0 Å². The molecule has 1 aliphatic heterocycles. The minimum absolute atomic E-state index is 0.0276. The van der Waals surface area contributed by atoms with E-state index < -0.39 is 11.6 Å². The average molecular weight is 378 g/mol. The largest absolute Gasteiger partial charge is 0.506 e. The van der Waals surface area contributed by atoms with Crippen LogP contribution in [-0.4, -0.2) is 40.1 Å². The number of likely N-dealkylation sites (tertiary alicyclic amines) is 1. The van der Waals surface area contributed by atoms with Gasteiger partial charge in [-0.2, -0.15) is 0 Å². The van der Waals surface area contributed by atoms with Crippen LogP contribution < -0.4 is 4.74 Å². The summed E-state index contributed by atoms with van der Waals surface area (Å²) in [7, 11) is 0. The maximum atomic E-state index is 13.3. The minimum Gasteiger partial charge on any atom is -0.506 e. The van der Waals surface area contributed by atoms with Crippen LogP contribution in [0.25, 0.3) is 0 Å². The number of benzene rings is 1. The first-order chi connectivity index (χ1) is 12.5. The van der Waals surface area contributed by atoms with Gasteiger partial charge in [-0.15, -0.1) is 0 Å². The molecular weight excluding hydrogens is 358 g/mol. The molecule has 1 saturated carbocycles. The smallest absolute Gasteiger partial charge is 0.133 e. The molecule has 138 valence electrons. The van der Waals surface area contributed by atoms with Gasteiger partial charge in [-0.3, -0.25) is 4.90 Å². The van der Waals surface area contributed by atoms with Crippen molar-refractivity contribution in [3.63, 3.8) is 0 Å². The van der Waals surface area contributed by atoms with Crippen molar-refractivity contribution in [2.75, 3.05) is 19.0 Å². The van der Waals surface area contributed by atoms with Crippen LogP contribution in [0.5, 0.6) is 11.5 Å². The van der Waals surface area contributed by atoms with E-state index >= 15 is 0 Å². The summed E-state index contributed by atoms with van der Waals surface area (Å²) in [5.41, 5.74) is 0. The molecule has 2 aromatic rings. The molecule has 0 amide bonds. The molecule has 2 aliphatic rings. The van der Waals surface area contributed by atoms with E-state index in [1.807, 2.05) is 6.07 Å². The number of thioether (sulfide) groups is 1. The average Bonchev–Trinajstić information content (AvgIpc) is 3.11. The summed E-state index contributed by atoms with van der Waals surface area (Å²) in [5.74, 6) is 1.23. The Labute approximate surface area is 155 Å². The predicted molar refractivity (Wildman–Crippen MR) is 95.2 cm³/mol. The molecule has 1 aliphatic carbocycles. The Balaban J connectivity index is 1.26. The first kappa shape index (κ1) is 17.5. The standard InChI is InChI=1S/C19H20F2N2O2S/c20-14-5-15(21)7-18(6-14)25-17-3-12-9-23(10-13(12)4-17)11-26-19-2-1-16(24)8-22-19/h1-2,5-8,12-13,17,24H,3-4,9-11H2/t12-,13+,17?. The summed E-state index contributed by atoms with van der Waals surface area (Å²) in [6.45, 7) is 2.01. The molecule has 3 atom stereocenters. The molecule has 2 fully saturated rings. The van der Waals surface area contributed by atoms with Gasteiger partial charge in [0.1, 0.15) is 23.1 Å². The molecule has 0 bridgehead atoms. The Morgan fingerprint density at radius 1 is 1.12 bits per heavy atom. The normalized spacial score (nSPS) is 25.4. The van der Waals surface area contributed by atoms with E-state index in [1.54, 1.807) is 17.8 Å². The van der Waals surface area contributed by atoms with Crippen LogP contribution in [0.15, 0.2) is 41.6 Å². The number of hydrogen-bond acceptors (Lipinski definition) is 5. The summed E-state index contributed by atoms with van der Waals surface area (Å²) >= 11 is 1.66. The van der Waals surface area contributed by atoms with Crippen molar-refractivity contribution in [2.24, 2.45) is 11.8 Å². The number of hydrogen-bond donors (Lipinski definition) is 1. The van der Waals surface area contributed by atoms with E-state index in [0.29, 0.717) is 11.8 Å². The van der Waals surface area contributed by atoms with E-state index in [2.05, 4.69) is 9.88 Å². The van der Waals surface area contributed by atoms with Crippen LogP contribution in [0, 0.1) is 23.5 Å². The molecule has 1 unspecified atom stereocenters. The molecule has 4 rings (SSSR count). The summed E-state index contributed by atoms with van der Waals surface area (Å²) in [6.07, 6.45) is 3.32. The SMILES string of the molecule is Oc1ccc(SCN2C[C@H]3CC(Oc4cc(F)cc(F)c4)C[C@H]3C2)nc1. The lowest BCUT2D eigenvalue weighted by atomic mass is 10.0. The second kappa shape index (κ2) is 7.40. The first-order valence-corrected chi connectivity index (χ1v) is 9.66. The lowest BCUT2D eigenvalue weighted by Crippen LogP contribution is -2.24. The molecule has 4 nitrogen and oxygen atoms in total. The third-order valence-corrected chi connectivity index (χ3v) is 6.07. The Morgan fingerprint density at radius 2 is 1.81 bits per heavy atom. The summed E-state index contributed by atoms with van der Waals surface area (Å²) < 4.78 is 32.4. The number of pyridine rings is 1. The van der Waals surface area contributed by atoms with E-state index in [9.17, 15) is 13.9 Å². The molecule has 1 aromatic heterocycles. The quantitative estimate of drug-likeness (QED) is 0.800. The van der Waals surface area contributed by atoms with E-state index in [4.69, 9.17) is 4.74 Å². The van der Waals surface area contributed by atoms with Gasteiger partial charge in [-0.25, -0.2) is 13.8 Å². The molecule has 1 aromatic carbocycles. The van der Waals surface area contributed by atoms with Gasteiger partial charge in [-0.05, 0) is 36.8 Å². The van der Waals surface area contributed by atoms with Gasteiger partial charge in [-0.1, -0.05) is 11.8 Å². The highest BCUT2D eigenvalue weighted by molar-refractivity contribution is 7.99. The van der Waals surface area contributed by atoms with Crippen molar-refractivity contribution in [3.05, 3.63) is 48.2 Å². The molecule has 1 saturated heterocycles. The monoisotopic (exact) mass is 378 g/mol. The molecule has 1 N–H and O–H groups in total. The van der Waals surface area contributed by atoms with Crippen molar-refractivity contribution in [3.8, 4) is 11.5 Å². The minimum atomic E-state index is -0.607. The van der Waals surface area contributed by atoms with E-state index in [-0.39, 0.29) is 17.6 Å². The molecule has 7 heteroatoms. The zero-order valence-corrected chi connectivity index (χ0v) is 15.0. The van der Waals surface area contributed by atoms with Crippen molar-refractivity contribution < 1.29 is 18.6 Å². The van der Waals surface area contributed by atoms with Crippen molar-refractivity contribution in [1.29, 1.82) is 0 Å². The number of rotatable bonds is 5. The zero-order chi connectivity index (χ0) is 18.1. The fraction of sp³-hybridized carbons (Fsp3) is 0.421. The molecule has 2 heterocycles. The Morgan fingerprint density at radius 3 is 2.42 bits per heavy atom. The van der Waals surface area contributed by atoms with Gasteiger partial charge in [0, 0.05) is 31.3 Å². The number of aromatic hydroxyl groups is 1. The molecule has 26 heavy (non-hydrogen) atoms. The maximum absolute atomic E-state index is 13.3. The number of halogens is 2. The van der Waals surface area contributed by atoms with Gasteiger partial charge in [0.05, 0.1) is 23.2 Å². The van der Waals surface area contributed by atoms with Crippen LogP contribution >= 0.6 is 11.8 Å². The molecular formula is C19H20F2N2O2S. The summed E-state index contributed by atoms with van der Waals surface area (Å²) in [5, 5.41) is 10.2. The van der Waals surface area contributed by atoms with Gasteiger partial charge >= 0.3 is 0 Å². The highest BCUT2D eigenvalue weighted by atomic mass is 32.2. The van der Waals surface area contributed by atoms with Crippen LogP contribution in [0.2, 0.25) is 0 Å². The lowest BCUT2D eigenvalue weighted by molar-refractivity contribution is 0.188. The van der Waals surface area contributed by atoms with E-state index in [0.717, 1.165) is 42.9 Å². The van der Waals surface area contributed by atoms with Crippen LogP contribution in [0.4, 0.5) is 8.78 Å². The summed E-state index contributed by atoms with van der Waals surface area (Å²) in [6, 6.07) is 6.80. The van der Waals surface area contributed by atoms with Crippen LogP contribution in [0.1, 0.15) is 12.8 Å². The number of aromatic nitrogens is 1. The van der Waals surface area contributed by atoms with Crippen LogP contribution in [0.3, 0.4) is 0 Å². The number of ether oxygens (including phenoxy) is 1. The fourth-order valence-corrected chi connectivity index (χ4v) is 4.76. The Kier molecular flexibility index (Phi) is 5.00. The molecule has 0 spiro atoms. The Hall–Kier alpha value is -1.86. The number of nitrogens with zero attached hydrogens (tertiary/aromatic N) is 2. The highest BCUT2D eigenvalue weighted by Gasteiger charge is 2.41. The third-order valence-electron chi connectivity index (χ3n) is 5.04. The van der Waals surface area contributed by atoms with Gasteiger partial charge in [0.25, 0.3) is 0 Å². The topological polar surface area (TPSA) is 45.6 Å². The van der Waals surface area contributed by atoms with Crippen molar-refractivity contribution in [1.82, 2.24) is 9.88 Å². The first-order valence-electron chi connectivity index (χ1n) is 8.68. The van der Waals surface area contributed by atoms with Crippen LogP contribution in [-0.2, 0) is 0 Å².